The summed E-state index contributed by atoms with van der Waals surface area (Å²) in [6.45, 7) is 0. The fourth-order valence-electron chi connectivity index (χ4n) is 1.02. The van der Waals surface area contributed by atoms with Crippen molar-refractivity contribution in [1.29, 1.82) is 0 Å². The fraction of sp³-hybridized carbons (Fsp3) is 0.800. The van der Waals surface area contributed by atoms with Crippen molar-refractivity contribution in [3.05, 3.63) is 0 Å². The molecule has 0 aliphatic carbocycles. The van der Waals surface area contributed by atoms with Crippen molar-refractivity contribution >= 4 is 13.6 Å². The second kappa shape index (κ2) is 3.63. The molecular formula is C5H11N2O5P. The topological polar surface area (TPSA) is 96.9 Å². The van der Waals surface area contributed by atoms with Crippen molar-refractivity contribution in [1.82, 2.24) is 10.6 Å². The number of hydrogen-bond acceptors (Lipinski definition) is 5. The molecule has 1 rings (SSSR count). The minimum absolute atomic E-state index is 0.605. The van der Waals surface area contributed by atoms with Crippen LogP contribution in [-0.2, 0) is 13.6 Å². The molecule has 7 nitrogen and oxygen atoms in total. The molecule has 1 aliphatic heterocycles. The fourth-order valence-corrected chi connectivity index (χ4v) is 2.32. The highest BCUT2D eigenvalue weighted by atomic mass is 31.2. The SMILES string of the molecule is COP(=O)(OC)C1NC(=O)NC1O. The van der Waals surface area contributed by atoms with Crippen molar-refractivity contribution < 1.29 is 23.5 Å². The van der Waals surface area contributed by atoms with E-state index in [2.05, 4.69) is 19.7 Å². The van der Waals surface area contributed by atoms with Gasteiger partial charge in [0.25, 0.3) is 0 Å². The van der Waals surface area contributed by atoms with Crippen molar-refractivity contribution in [3.63, 3.8) is 0 Å². The number of urea groups is 1. The van der Waals surface area contributed by atoms with E-state index in [1.54, 1.807) is 0 Å². The lowest BCUT2D eigenvalue weighted by atomic mass is 10.6. The number of hydrogen-bond donors (Lipinski definition) is 3. The molecule has 3 N–H and O–H groups in total. The number of aliphatic hydroxyl groups is 1. The summed E-state index contributed by atoms with van der Waals surface area (Å²) in [4.78, 5) is 10.7. The molecule has 2 amide bonds. The summed E-state index contributed by atoms with van der Waals surface area (Å²) in [5.74, 6) is -1.06. The van der Waals surface area contributed by atoms with Gasteiger partial charge in [-0.1, -0.05) is 0 Å². The van der Waals surface area contributed by atoms with Crippen molar-refractivity contribution in [2.75, 3.05) is 14.2 Å². The zero-order valence-corrected chi connectivity index (χ0v) is 8.08. The largest absolute Gasteiger partial charge is 0.371 e. The lowest BCUT2D eigenvalue weighted by molar-refractivity contribution is 0.145. The van der Waals surface area contributed by atoms with Crippen LogP contribution in [0.4, 0.5) is 4.79 Å². The summed E-state index contributed by atoms with van der Waals surface area (Å²) in [5.41, 5.74) is 0. The lowest BCUT2D eigenvalue weighted by Crippen LogP contribution is -2.33. The monoisotopic (exact) mass is 210 g/mol. The van der Waals surface area contributed by atoms with E-state index >= 15 is 0 Å². The van der Waals surface area contributed by atoms with Crippen LogP contribution in [0.5, 0.6) is 0 Å². The molecule has 0 aromatic heterocycles. The minimum atomic E-state index is -3.47. The average Bonchev–Trinajstić information content (AvgIpc) is 2.44. The first-order valence-corrected chi connectivity index (χ1v) is 5.11. The summed E-state index contributed by atoms with van der Waals surface area (Å²) in [5, 5.41) is 13.6. The van der Waals surface area contributed by atoms with Gasteiger partial charge in [0.05, 0.1) is 0 Å². The van der Waals surface area contributed by atoms with Crippen molar-refractivity contribution in [3.8, 4) is 0 Å². The molecule has 2 unspecified atom stereocenters. The number of carbonyl (C=O) groups is 1. The minimum Gasteiger partial charge on any atom is -0.371 e. The Balaban J connectivity index is 2.81. The Labute approximate surface area is 74.9 Å². The lowest BCUT2D eigenvalue weighted by Gasteiger charge is -2.21. The molecule has 76 valence electrons. The molecule has 13 heavy (non-hydrogen) atoms. The Morgan fingerprint density at radius 2 is 1.92 bits per heavy atom. The van der Waals surface area contributed by atoms with Crippen LogP contribution in [0, 0.1) is 0 Å². The van der Waals surface area contributed by atoms with Gasteiger partial charge in [-0.05, 0) is 0 Å². The van der Waals surface area contributed by atoms with Gasteiger partial charge in [-0.3, -0.25) is 4.57 Å². The molecule has 0 spiro atoms. The van der Waals surface area contributed by atoms with E-state index in [1.807, 2.05) is 0 Å². The predicted octanol–water partition coefficient (Wildman–Crippen LogP) is -0.570. The van der Waals surface area contributed by atoms with Crippen LogP contribution in [0.1, 0.15) is 0 Å². The number of carbonyl (C=O) groups excluding carboxylic acids is 1. The van der Waals surface area contributed by atoms with E-state index in [4.69, 9.17) is 0 Å². The molecular weight excluding hydrogens is 199 g/mol. The van der Waals surface area contributed by atoms with E-state index in [9.17, 15) is 14.5 Å². The third-order valence-electron chi connectivity index (χ3n) is 1.71. The van der Waals surface area contributed by atoms with E-state index in [1.165, 1.54) is 14.2 Å². The van der Waals surface area contributed by atoms with Gasteiger partial charge in [0.2, 0.25) is 0 Å². The number of amides is 2. The van der Waals surface area contributed by atoms with Crippen molar-refractivity contribution in [2.24, 2.45) is 0 Å². The van der Waals surface area contributed by atoms with E-state index in [0.29, 0.717) is 0 Å². The summed E-state index contributed by atoms with van der Waals surface area (Å²) in [7, 11) is -1.10. The first-order valence-electron chi connectivity index (χ1n) is 3.50. The van der Waals surface area contributed by atoms with Crippen LogP contribution < -0.4 is 10.6 Å². The Kier molecular flexibility index (Phi) is 2.92. The standard InChI is InChI=1S/C5H11N2O5P/c1-11-13(10,12-2)4-3(8)6-5(9)7-4/h3-4,8H,1-2H3,(H2,6,7,9). The van der Waals surface area contributed by atoms with Crippen LogP contribution in [0.25, 0.3) is 0 Å². The molecule has 8 heteroatoms. The normalized spacial score (nSPS) is 28.4. The van der Waals surface area contributed by atoms with Gasteiger partial charge in [-0.2, -0.15) is 0 Å². The quantitative estimate of drug-likeness (QED) is 0.542. The van der Waals surface area contributed by atoms with Gasteiger partial charge in [-0.25, -0.2) is 4.79 Å². The maximum absolute atomic E-state index is 11.6. The van der Waals surface area contributed by atoms with Crippen LogP contribution in [-0.4, -0.2) is 37.4 Å². The van der Waals surface area contributed by atoms with Crippen LogP contribution in [0.3, 0.4) is 0 Å². The maximum atomic E-state index is 11.6. The molecule has 0 radical (unpaired) electrons. The van der Waals surface area contributed by atoms with Gasteiger partial charge < -0.3 is 24.8 Å². The number of aliphatic hydroxyl groups excluding tert-OH is 1. The van der Waals surface area contributed by atoms with Gasteiger partial charge >= 0.3 is 13.6 Å². The molecule has 0 bridgehead atoms. The van der Waals surface area contributed by atoms with Gasteiger partial charge in [-0.15, -0.1) is 0 Å². The summed E-state index contributed by atoms with van der Waals surface area (Å²) >= 11 is 0. The smallest absolute Gasteiger partial charge is 0.356 e. The summed E-state index contributed by atoms with van der Waals surface area (Å²) < 4.78 is 20.9. The molecule has 0 saturated carbocycles. The first kappa shape index (κ1) is 10.5. The Morgan fingerprint density at radius 3 is 2.23 bits per heavy atom. The first-order chi connectivity index (χ1) is 6.03. The maximum Gasteiger partial charge on any atom is 0.356 e. The molecule has 0 aromatic carbocycles. The number of rotatable bonds is 3. The van der Waals surface area contributed by atoms with Gasteiger partial charge in [0, 0.05) is 14.2 Å². The van der Waals surface area contributed by atoms with Gasteiger partial charge in [0.15, 0.2) is 12.0 Å². The van der Waals surface area contributed by atoms with E-state index < -0.39 is 25.6 Å². The molecule has 1 saturated heterocycles. The van der Waals surface area contributed by atoms with Crippen LogP contribution in [0.2, 0.25) is 0 Å². The molecule has 0 aromatic rings. The number of nitrogens with one attached hydrogen (secondary N) is 2. The molecule has 1 aliphatic rings. The zero-order valence-electron chi connectivity index (χ0n) is 7.18. The highest BCUT2D eigenvalue weighted by molar-refractivity contribution is 7.54. The third kappa shape index (κ3) is 1.83. The Hall–Kier alpha value is -0.620. The Morgan fingerprint density at radius 1 is 1.38 bits per heavy atom. The average molecular weight is 210 g/mol. The second-order valence-corrected chi connectivity index (χ2v) is 4.78. The van der Waals surface area contributed by atoms with E-state index in [-0.39, 0.29) is 0 Å². The van der Waals surface area contributed by atoms with Gasteiger partial charge in [0.1, 0.15) is 0 Å². The van der Waals surface area contributed by atoms with Crippen LogP contribution in [0.15, 0.2) is 0 Å². The van der Waals surface area contributed by atoms with E-state index in [0.717, 1.165) is 0 Å². The third-order valence-corrected chi connectivity index (χ3v) is 3.82. The zero-order chi connectivity index (χ0) is 10.1. The second-order valence-electron chi connectivity index (χ2n) is 2.41. The summed E-state index contributed by atoms with van der Waals surface area (Å²) in [6, 6.07) is -0.605. The van der Waals surface area contributed by atoms with Crippen molar-refractivity contribution in [2.45, 2.75) is 12.0 Å². The highest BCUT2D eigenvalue weighted by Crippen LogP contribution is 2.52. The molecule has 2 atom stereocenters. The predicted molar refractivity (Wildman–Crippen MR) is 43.1 cm³/mol. The Bertz CT molecular complexity index is 249. The molecule has 1 heterocycles. The van der Waals surface area contributed by atoms with Crippen LogP contribution >= 0.6 is 7.60 Å². The summed E-state index contributed by atoms with van der Waals surface area (Å²) in [6.07, 6.45) is -1.27. The molecule has 1 fully saturated rings. The highest BCUT2D eigenvalue weighted by Gasteiger charge is 2.45.